The Bertz CT molecular complexity index is 737. The predicted octanol–water partition coefficient (Wildman–Crippen LogP) is 3.46. The Balaban J connectivity index is 2.11. The van der Waals surface area contributed by atoms with Gasteiger partial charge in [-0.2, -0.15) is 0 Å². The van der Waals surface area contributed by atoms with E-state index in [1.807, 2.05) is 24.3 Å². The molecule has 0 bridgehead atoms. The molecule has 0 unspecified atom stereocenters. The molecule has 2 aromatic rings. The highest BCUT2D eigenvalue weighted by Gasteiger charge is 2.17. The molecule has 0 heterocycles. The van der Waals surface area contributed by atoms with E-state index < -0.39 is 5.91 Å². The number of nitrogens with zero attached hydrogens (tertiary/aromatic N) is 1. The third-order valence-electron chi connectivity index (χ3n) is 3.45. The fraction of sp³-hybridized carbons (Fsp3) is 0.222. The van der Waals surface area contributed by atoms with Crippen LogP contribution < -0.4 is 15.4 Å². The summed E-state index contributed by atoms with van der Waals surface area (Å²) >= 11 is 4.91. The van der Waals surface area contributed by atoms with Gasteiger partial charge in [-0.05, 0) is 52.3 Å². The molecule has 0 aliphatic carbocycles. The lowest BCUT2D eigenvalue weighted by atomic mass is 10.2. The van der Waals surface area contributed by atoms with Gasteiger partial charge >= 0.3 is 0 Å². The van der Waals surface area contributed by atoms with Gasteiger partial charge < -0.3 is 15.4 Å². The van der Waals surface area contributed by atoms with Crippen LogP contribution in [0, 0.1) is 0 Å². The molecular formula is C18H19BrN2O3S. The van der Waals surface area contributed by atoms with Crippen molar-refractivity contribution in [2.75, 3.05) is 24.3 Å². The number of carbonyl (C=O) groups excluding carboxylic acids is 2. The molecule has 2 rings (SSSR count). The molecule has 0 aliphatic heterocycles. The predicted molar refractivity (Wildman–Crippen MR) is 104 cm³/mol. The molecule has 0 aliphatic rings. The Morgan fingerprint density at radius 2 is 1.84 bits per heavy atom. The summed E-state index contributed by atoms with van der Waals surface area (Å²) in [5.41, 5.74) is 5.95. The molecule has 132 valence electrons. The maximum atomic E-state index is 12.7. The van der Waals surface area contributed by atoms with Crippen molar-refractivity contribution < 1.29 is 14.3 Å². The van der Waals surface area contributed by atoms with Gasteiger partial charge in [-0.15, -0.1) is 11.8 Å². The molecule has 0 saturated carbocycles. The maximum absolute atomic E-state index is 12.7. The van der Waals surface area contributed by atoms with Gasteiger partial charge in [0.05, 0.1) is 12.9 Å². The van der Waals surface area contributed by atoms with E-state index in [1.54, 1.807) is 36.3 Å². The average molecular weight is 423 g/mol. The van der Waals surface area contributed by atoms with Gasteiger partial charge in [0.15, 0.2) is 0 Å². The van der Waals surface area contributed by atoms with Gasteiger partial charge in [-0.25, -0.2) is 0 Å². The van der Waals surface area contributed by atoms with E-state index in [-0.39, 0.29) is 24.6 Å². The molecule has 2 amide bonds. The molecular weight excluding hydrogens is 404 g/mol. The number of rotatable bonds is 8. The highest BCUT2D eigenvalue weighted by atomic mass is 79.9. The molecule has 5 nitrogen and oxygen atoms in total. The fourth-order valence-corrected chi connectivity index (χ4v) is 3.60. The Labute approximate surface area is 159 Å². The Kier molecular flexibility index (Phi) is 7.33. The number of anilines is 1. The van der Waals surface area contributed by atoms with Crippen LogP contribution in [0.5, 0.6) is 5.75 Å². The average Bonchev–Trinajstić information content (AvgIpc) is 2.61. The van der Waals surface area contributed by atoms with Gasteiger partial charge in [-0.3, -0.25) is 9.59 Å². The number of benzene rings is 2. The summed E-state index contributed by atoms with van der Waals surface area (Å²) in [7, 11) is 1.58. The summed E-state index contributed by atoms with van der Waals surface area (Å²) in [6.45, 7) is 0.247. The Morgan fingerprint density at radius 3 is 2.44 bits per heavy atom. The summed E-state index contributed by atoms with van der Waals surface area (Å²) < 4.78 is 6.08. The Morgan fingerprint density at radius 1 is 1.16 bits per heavy atom. The number of halogens is 1. The van der Waals surface area contributed by atoms with Crippen LogP contribution >= 0.6 is 27.7 Å². The number of primary amides is 1. The lowest BCUT2D eigenvalue weighted by Crippen LogP contribution is -2.35. The van der Waals surface area contributed by atoms with Crippen LogP contribution in [0.2, 0.25) is 0 Å². The summed E-state index contributed by atoms with van der Waals surface area (Å²) in [5, 5.41) is 0. The van der Waals surface area contributed by atoms with E-state index in [0.29, 0.717) is 11.4 Å². The number of ether oxygens (including phenoxy) is 1. The lowest BCUT2D eigenvalue weighted by molar-refractivity contribution is -0.118. The second kappa shape index (κ2) is 9.48. The van der Waals surface area contributed by atoms with Crippen LogP contribution in [-0.2, 0) is 9.59 Å². The Hall–Kier alpha value is -1.99. The highest BCUT2D eigenvalue weighted by molar-refractivity contribution is 9.10. The van der Waals surface area contributed by atoms with Crippen molar-refractivity contribution in [2.45, 2.75) is 11.3 Å². The summed E-state index contributed by atoms with van der Waals surface area (Å²) in [6, 6.07) is 14.9. The molecule has 0 aromatic heterocycles. The zero-order valence-electron chi connectivity index (χ0n) is 13.8. The molecule has 7 heteroatoms. The van der Waals surface area contributed by atoms with Crippen LogP contribution in [-0.4, -0.2) is 31.2 Å². The van der Waals surface area contributed by atoms with Crippen molar-refractivity contribution >= 4 is 45.2 Å². The minimum Gasteiger partial charge on any atom is -0.497 e. The molecule has 2 N–H and O–H groups in total. The van der Waals surface area contributed by atoms with Gasteiger partial charge in [0.2, 0.25) is 11.8 Å². The normalized spacial score (nSPS) is 10.3. The molecule has 0 saturated heterocycles. The quantitative estimate of drug-likeness (QED) is 0.661. The molecule has 0 spiro atoms. The first-order chi connectivity index (χ1) is 12.0. The molecule has 0 atom stereocenters. The number of methoxy groups -OCH3 is 1. The number of thioether (sulfide) groups is 1. The van der Waals surface area contributed by atoms with Crippen molar-refractivity contribution in [1.29, 1.82) is 0 Å². The number of nitrogens with two attached hydrogens (primary N) is 1. The molecule has 2 aromatic carbocycles. The van der Waals surface area contributed by atoms with Gasteiger partial charge in [0.1, 0.15) is 5.75 Å². The third-order valence-corrected chi connectivity index (χ3v) is 5.47. The first-order valence-electron chi connectivity index (χ1n) is 7.61. The van der Waals surface area contributed by atoms with Crippen molar-refractivity contribution in [3.8, 4) is 5.75 Å². The number of hydrogen-bond acceptors (Lipinski definition) is 4. The minimum atomic E-state index is -0.440. The topological polar surface area (TPSA) is 72.6 Å². The van der Waals surface area contributed by atoms with E-state index in [4.69, 9.17) is 10.5 Å². The lowest BCUT2D eigenvalue weighted by Gasteiger charge is -2.22. The van der Waals surface area contributed by atoms with Crippen LogP contribution in [0.15, 0.2) is 57.9 Å². The number of amides is 2. The first-order valence-corrected chi connectivity index (χ1v) is 9.39. The van der Waals surface area contributed by atoms with Gasteiger partial charge in [0.25, 0.3) is 0 Å². The summed E-state index contributed by atoms with van der Waals surface area (Å²) in [4.78, 5) is 26.4. The van der Waals surface area contributed by atoms with E-state index in [0.717, 1.165) is 9.37 Å². The first kappa shape index (κ1) is 19.3. The number of carbonyl (C=O) groups is 2. The van der Waals surface area contributed by atoms with Crippen molar-refractivity contribution in [3.63, 3.8) is 0 Å². The van der Waals surface area contributed by atoms with Gasteiger partial charge in [0, 0.05) is 28.0 Å². The van der Waals surface area contributed by atoms with E-state index in [1.165, 1.54) is 11.8 Å². The molecule has 0 fully saturated rings. The highest BCUT2D eigenvalue weighted by Crippen LogP contribution is 2.28. The zero-order valence-corrected chi connectivity index (χ0v) is 16.2. The van der Waals surface area contributed by atoms with E-state index in [2.05, 4.69) is 15.9 Å². The van der Waals surface area contributed by atoms with Crippen molar-refractivity contribution in [2.24, 2.45) is 5.73 Å². The fourth-order valence-electron chi connectivity index (χ4n) is 2.16. The number of hydrogen-bond donors (Lipinski definition) is 1. The molecule has 25 heavy (non-hydrogen) atoms. The van der Waals surface area contributed by atoms with Crippen LogP contribution in [0.1, 0.15) is 6.42 Å². The standard InChI is InChI=1S/C18H19BrN2O3S/c1-24-14-8-6-13(7-9-14)21(11-10-17(20)22)18(23)12-25-16-5-3-2-4-15(16)19/h2-9H,10-12H2,1H3,(H2,20,22). The minimum absolute atomic E-state index is 0.0906. The monoisotopic (exact) mass is 422 g/mol. The largest absolute Gasteiger partial charge is 0.497 e. The SMILES string of the molecule is COc1ccc(N(CCC(N)=O)C(=O)CSc2ccccc2Br)cc1. The molecule has 0 radical (unpaired) electrons. The summed E-state index contributed by atoms with van der Waals surface area (Å²) in [5.74, 6) is 0.429. The van der Waals surface area contributed by atoms with Crippen molar-refractivity contribution in [1.82, 2.24) is 0 Å². The van der Waals surface area contributed by atoms with E-state index >= 15 is 0 Å². The van der Waals surface area contributed by atoms with E-state index in [9.17, 15) is 9.59 Å². The third kappa shape index (κ3) is 5.79. The van der Waals surface area contributed by atoms with Crippen LogP contribution in [0.3, 0.4) is 0 Å². The second-order valence-corrected chi connectivity index (χ2v) is 7.05. The van der Waals surface area contributed by atoms with Crippen molar-refractivity contribution in [3.05, 3.63) is 53.0 Å². The zero-order chi connectivity index (χ0) is 18.2. The van der Waals surface area contributed by atoms with Crippen LogP contribution in [0.4, 0.5) is 5.69 Å². The maximum Gasteiger partial charge on any atom is 0.237 e. The smallest absolute Gasteiger partial charge is 0.237 e. The van der Waals surface area contributed by atoms with Crippen LogP contribution in [0.25, 0.3) is 0 Å². The van der Waals surface area contributed by atoms with Gasteiger partial charge in [-0.1, -0.05) is 12.1 Å². The summed E-state index contributed by atoms with van der Waals surface area (Å²) in [6.07, 6.45) is 0.109. The second-order valence-electron chi connectivity index (χ2n) is 5.18.